The lowest BCUT2D eigenvalue weighted by molar-refractivity contribution is -0.153. The maximum Gasteiger partial charge on any atom is 0.331 e. The number of carbonyl (C=O) groups is 1. The Morgan fingerprint density at radius 1 is 1.38 bits per heavy atom. The van der Waals surface area contributed by atoms with Crippen LogP contribution >= 0.6 is 0 Å². The van der Waals surface area contributed by atoms with Crippen molar-refractivity contribution in [3.8, 4) is 17.1 Å². The number of fused-ring (bicyclic) bond motifs is 1. The van der Waals surface area contributed by atoms with E-state index in [4.69, 9.17) is 4.74 Å². The molecule has 1 aliphatic carbocycles. The van der Waals surface area contributed by atoms with E-state index in [0.29, 0.717) is 25.3 Å². The van der Waals surface area contributed by atoms with Crippen LogP contribution in [-0.4, -0.2) is 37.9 Å². The minimum absolute atomic E-state index is 0.506. The van der Waals surface area contributed by atoms with Gasteiger partial charge >= 0.3 is 5.97 Å². The number of aliphatic carboxylic acids is 1. The van der Waals surface area contributed by atoms with E-state index >= 15 is 0 Å². The molecule has 0 spiro atoms. The zero-order valence-electron chi connectivity index (χ0n) is 11.3. The fourth-order valence-electron chi connectivity index (χ4n) is 3.01. The number of carboxylic acids is 1. The molecular formula is C14H14N4O3. The van der Waals surface area contributed by atoms with Crippen molar-refractivity contribution < 1.29 is 14.6 Å². The van der Waals surface area contributed by atoms with E-state index in [1.54, 1.807) is 0 Å². The summed E-state index contributed by atoms with van der Waals surface area (Å²) in [7, 11) is 0. The highest BCUT2D eigenvalue weighted by Gasteiger charge is 2.49. The fourth-order valence-corrected chi connectivity index (χ4v) is 3.01. The second-order valence-electron chi connectivity index (χ2n) is 5.53. The van der Waals surface area contributed by atoms with E-state index in [1.165, 1.54) is 4.68 Å². The number of hydrogen-bond donors (Lipinski definition) is 1. The van der Waals surface area contributed by atoms with Crippen molar-refractivity contribution >= 4 is 5.97 Å². The van der Waals surface area contributed by atoms with Gasteiger partial charge in [0.2, 0.25) is 0 Å². The van der Waals surface area contributed by atoms with Crippen LogP contribution in [0.3, 0.4) is 0 Å². The van der Waals surface area contributed by atoms with Gasteiger partial charge in [-0.2, -0.15) is 0 Å². The Morgan fingerprint density at radius 3 is 2.95 bits per heavy atom. The predicted octanol–water partition coefficient (Wildman–Crippen LogP) is 1.24. The number of benzene rings is 1. The molecule has 0 saturated heterocycles. The normalized spacial score (nSPS) is 18.7. The largest absolute Gasteiger partial charge is 0.493 e. The molecular weight excluding hydrogens is 272 g/mol. The first kappa shape index (κ1) is 12.3. The number of rotatable bonds is 3. The van der Waals surface area contributed by atoms with Gasteiger partial charge in [0.05, 0.1) is 6.61 Å². The minimum Gasteiger partial charge on any atom is -0.493 e. The third-order valence-corrected chi connectivity index (χ3v) is 4.40. The average Bonchev–Trinajstić information content (AvgIpc) is 3.04. The average molecular weight is 286 g/mol. The molecule has 4 rings (SSSR count). The van der Waals surface area contributed by atoms with Crippen molar-refractivity contribution in [2.24, 2.45) is 0 Å². The van der Waals surface area contributed by atoms with Gasteiger partial charge in [0.25, 0.3) is 0 Å². The molecule has 0 atom stereocenters. The maximum absolute atomic E-state index is 11.6. The van der Waals surface area contributed by atoms with Crippen LogP contribution in [0.1, 0.15) is 24.8 Å². The summed E-state index contributed by atoms with van der Waals surface area (Å²) in [5.74, 6) is 0.521. The number of nitrogens with zero attached hydrogens (tertiary/aromatic N) is 4. The molecule has 7 nitrogen and oxygen atoms in total. The fraction of sp³-hybridized carbons (Fsp3) is 0.429. The first-order chi connectivity index (χ1) is 10.2. The van der Waals surface area contributed by atoms with Crippen molar-refractivity contribution in [2.75, 3.05) is 6.61 Å². The number of aromatic nitrogens is 4. The van der Waals surface area contributed by atoms with Gasteiger partial charge in [0, 0.05) is 12.0 Å². The van der Waals surface area contributed by atoms with Gasteiger partial charge in [-0.15, -0.1) is 5.10 Å². The Morgan fingerprint density at radius 2 is 2.24 bits per heavy atom. The van der Waals surface area contributed by atoms with E-state index in [9.17, 15) is 9.90 Å². The monoisotopic (exact) mass is 286 g/mol. The lowest BCUT2D eigenvalue weighted by Crippen LogP contribution is -2.48. The Balaban J connectivity index is 1.81. The molecule has 2 heterocycles. The van der Waals surface area contributed by atoms with Crippen LogP contribution in [-0.2, 0) is 16.8 Å². The molecule has 1 saturated carbocycles. The Bertz CT molecular complexity index is 721. The number of carboxylic acid groups (broad SMARTS) is 1. The molecule has 1 fully saturated rings. The van der Waals surface area contributed by atoms with Gasteiger partial charge in [0.1, 0.15) is 5.75 Å². The molecule has 0 bridgehead atoms. The van der Waals surface area contributed by atoms with Gasteiger partial charge in [-0.05, 0) is 53.5 Å². The lowest BCUT2D eigenvalue weighted by Gasteiger charge is -2.37. The van der Waals surface area contributed by atoms with Crippen LogP contribution in [0.5, 0.6) is 5.75 Å². The number of tetrazole rings is 1. The predicted molar refractivity (Wildman–Crippen MR) is 71.9 cm³/mol. The quantitative estimate of drug-likeness (QED) is 0.913. The summed E-state index contributed by atoms with van der Waals surface area (Å²) < 4.78 is 6.95. The van der Waals surface area contributed by atoms with E-state index in [-0.39, 0.29) is 0 Å². The molecule has 1 aromatic carbocycles. The van der Waals surface area contributed by atoms with E-state index < -0.39 is 11.5 Å². The third-order valence-electron chi connectivity index (χ3n) is 4.40. The Labute approximate surface area is 120 Å². The molecule has 108 valence electrons. The van der Waals surface area contributed by atoms with Crippen LogP contribution in [0.2, 0.25) is 0 Å². The summed E-state index contributed by atoms with van der Waals surface area (Å²) in [6, 6.07) is 5.75. The second kappa shape index (κ2) is 4.28. The maximum atomic E-state index is 11.6. The van der Waals surface area contributed by atoms with Crippen LogP contribution < -0.4 is 4.74 Å². The van der Waals surface area contributed by atoms with Crippen LogP contribution in [0, 0.1) is 0 Å². The molecule has 21 heavy (non-hydrogen) atoms. The first-order valence-corrected chi connectivity index (χ1v) is 6.99. The third kappa shape index (κ3) is 1.66. The van der Waals surface area contributed by atoms with Crippen LogP contribution in [0.4, 0.5) is 0 Å². The molecule has 1 N–H and O–H groups in total. The topological polar surface area (TPSA) is 90.1 Å². The van der Waals surface area contributed by atoms with E-state index in [1.807, 2.05) is 18.2 Å². The lowest BCUT2D eigenvalue weighted by atomic mass is 9.76. The molecule has 1 aromatic heterocycles. The molecule has 2 aromatic rings. The molecule has 2 aliphatic rings. The Hall–Kier alpha value is -2.44. The van der Waals surface area contributed by atoms with Crippen molar-refractivity contribution in [1.82, 2.24) is 20.2 Å². The second-order valence-corrected chi connectivity index (χ2v) is 5.53. The summed E-state index contributed by atoms with van der Waals surface area (Å²) in [5, 5.41) is 21.2. The first-order valence-electron chi connectivity index (χ1n) is 6.99. The summed E-state index contributed by atoms with van der Waals surface area (Å²) in [5.41, 5.74) is 0.950. The van der Waals surface area contributed by atoms with Gasteiger partial charge in [-0.3, -0.25) is 0 Å². The molecule has 0 radical (unpaired) electrons. The van der Waals surface area contributed by atoms with Crippen molar-refractivity contribution in [2.45, 2.75) is 31.2 Å². The SMILES string of the molecule is O=C(O)C1(n2nnnc2-c2ccc3c(c2)CCO3)CCC1. The van der Waals surface area contributed by atoms with Gasteiger partial charge in [-0.1, -0.05) is 0 Å². The summed E-state index contributed by atoms with van der Waals surface area (Å²) in [6.45, 7) is 0.683. The number of hydrogen-bond acceptors (Lipinski definition) is 5. The van der Waals surface area contributed by atoms with Crippen molar-refractivity contribution in [1.29, 1.82) is 0 Å². The molecule has 7 heteroatoms. The standard InChI is InChI=1S/C14H14N4O3/c19-13(20)14(5-1-6-14)18-12(15-16-17-18)10-2-3-11-9(8-10)4-7-21-11/h2-3,8H,1,4-7H2,(H,19,20). The minimum atomic E-state index is -0.992. The number of ether oxygens (including phenoxy) is 1. The zero-order chi connectivity index (χ0) is 14.4. The van der Waals surface area contributed by atoms with Crippen LogP contribution in [0.25, 0.3) is 11.4 Å². The molecule has 1 aliphatic heterocycles. The smallest absolute Gasteiger partial charge is 0.331 e. The highest BCUT2D eigenvalue weighted by molar-refractivity contribution is 5.78. The summed E-state index contributed by atoms with van der Waals surface area (Å²) >= 11 is 0. The summed E-state index contributed by atoms with van der Waals surface area (Å²) in [4.78, 5) is 11.6. The van der Waals surface area contributed by atoms with E-state index in [0.717, 1.165) is 29.7 Å². The Kier molecular flexibility index (Phi) is 2.51. The van der Waals surface area contributed by atoms with Crippen LogP contribution in [0.15, 0.2) is 18.2 Å². The highest BCUT2D eigenvalue weighted by Crippen LogP contribution is 2.41. The zero-order valence-corrected chi connectivity index (χ0v) is 11.3. The summed E-state index contributed by atoms with van der Waals surface area (Å²) in [6.07, 6.45) is 2.86. The van der Waals surface area contributed by atoms with E-state index in [2.05, 4.69) is 15.5 Å². The van der Waals surface area contributed by atoms with Crippen molar-refractivity contribution in [3.05, 3.63) is 23.8 Å². The van der Waals surface area contributed by atoms with Gasteiger partial charge in [0.15, 0.2) is 11.4 Å². The molecule has 0 unspecified atom stereocenters. The van der Waals surface area contributed by atoms with Gasteiger partial charge < -0.3 is 9.84 Å². The van der Waals surface area contributed by atoms with Gasteiger partial charge in [-0.25, -0.2) is 9.48 Å². The molecule has 0 amide bonds. The highest BCUT2D eigenvalue weighted by atomic mass is 16.5. The van der Waals surface area contributed by atoms with Crippen molar-refractivity contribution in [3.63, 3.8) is 0 Å².